The van der Waals surface area contributed by atoms with Crippen molar-refractivity contribution in [3.8, 4) is 0 Å². The number of carbonyl (C=O) groups excluding carboxylic acids is 2. The standard InChI is InChI=1S/C26H40N8O2/c27-7-13-33(14-8-28)17-11-31-21-5-6-22(32-12-18-34(15-9-29)16-10-30)24-23(21)25(35)19-3-1-2-4-20(19)26(24)36/h1-6,31-32H,7-18,27-30H2. The van der Waals surface area contributed by atoms with Crippen molar-refractivity contribution in [2.24, 2.45) is 22.9 Å². The summed E-state index contributed by atoms with van der Waals surface area (Å²) in [6.45, 7) is 7.81. The van der Waals surface area contributed by atoms with E-state index in [9.17, 15) is 9.59 Å². The fourth-order valence-corrected chi connectivity index (χ4v) is 4.62. The summed E-state index contributed by atoms with van der Waals surface area (Å²) in [6, 6.07) is 10.7. The number of anilines is 2. The van der Waals surface area contributed by atoms with Gasteiger partial charge in [0.05, 0.1) is 11.1 Å². The molecule has 10 N–H and O–H groups in total. The predicted octanol–water partition coefficient (Wildman–Crippen LogP) is -0.275. The molecule has 0 fully saturated rings. The second-order valence-corrected chi connectivity index (χ2v) is 8.81. The second kappa shape index (κ2) is 14.0. The van der Waals surface area contributed by atoms with Gasteiger partial charge in [-0.25, -0.2) is 0 Å². The average Bonchev–Trinajstić information content (AvgIpc) is 2.88. The molecule has 3 rings (SSSR count). The summed E-state index contributed by atoms with van der Waals surface area (Å²) in [4.78, 5) is 31.5. The summed E-state index contributed by atoms with van der Waals surface area (Å²) >= 11 is 0. The van der Waals surface area contributed by atoms with Gasteiger partial charge in [0.2, 0.25) is 0 Å². The van der Waals surface area contributed by atoms with Crippen molar-refractivity contribution in [3.63, 3.8) is 0 Å². The molecule has 0 spiro atoms. The Bertz CT molecular complexity index is 937. The number of nitrogens with one attached hydrogen (secondary N) is 2. The number of hydrogen-bond donors (Lipinski definition) is 6. The van der Waals surface area contributed by atoms with Crippen LogP contribution in [0.25, 0.3) is 0 Å². The lowest BCUT2D eigenvalue weighted by atomic mass is 9.82. The monoisotopic (exact) mass is 496 g/mol. The van der Waals surface area contributed by atoms with E-state index in [2.05, 4.69) is 20.4 Å². The van der Waals surface area contributed by atoms with E-state index in [4.69, 9.17) is 22.9 Å². The summed E-state index contributed by atoms with van der Waals surface area (Å²) in [5, 5.41) is 6.75. The number of carbonyl (C=O) groups is 2. The fraction of sp³-hybridized carbons (Fsp3) is 0.462. The van der Waals surface area contributed by atoms with Gasteiger partial charge < -0.3 is 33.6 Å². The van der Waals surface area contributed by atoms with Gasteiger partial charge in [-0.3, -0.25) is 19.4 Å². The summed E-state index contributed by atoms with van der Waals surface area (Å²) in [6.07, 6.45) is 0. The molecule has 10 nitrogen and oxygen atoms in total. The number of nitrogens with zero attached hydrogens (tertiary/aromatic N) is 2. The van der Waals surface area contributed by atoms with E-state index in [1.807, 2.05) is 12.1 Å². The van der Waals surface area contributed by atoms with Gasteiger partial charge in [0.15, 0.2) is 11.6 Å². The van der Waals surface area contributed by atoms with Gasteiger partial charge in [-0.05, 0) is 12.1 Å². The number of ketones is 2. The van der Waals surface area contributed by atoms with E-state index in [1.165, 1.54) is 0 Å². The topological polar surface area (TPSA) is 169 Å². The Balaban J connectivity index is 1.86. The zero-order valence-electron chi connectivity index (χ0n) is 21.0. The highest BCUT2D eigenvalue weighted by molar-refractivity contribution is 6.31. The summed E-state index contributed by atoms with van der Waals surface area (Å²) in [5.41, 5.74) is 25.8. The maximum Gasteiger partial charge on any atom is 0.196 e. The first-order valence-corrected chi connectivity index (χ1v) is 12.6. The van der Waals surface area contributed by atoms with E-state index in [0.717, 1.165) is 39.3 Å². The first kappa shape index (κ1) is 27.7. The van der Waals surface area contributed by atoms with Crippen molar-refractivity contribution in [1.29, 1.82) is 0 Å². The van der Waals surface area contributed by atoms with Gasteiger partial charge in [-0.2, -0.15) is 0 Å². The van der Waals surface area contributed by atoms with Crippen molar-refractivity contribution < 1.29 is 9.59 Å². The van der Waals surface area contributed by atoms with E-state index in [-0.39, 0.29) is 11.6 Å². The molecular formula is C26H40N8O2. The molecule has 0 radical (unpaired) electrons. The number of hydrogen-bond acceptors (Lipinski definition) is 10. The van der Waals surface area contributed by atoms with Crippen molar-refractivity contribution in [1.82, 2.24) is 9.80 Å². The van der Waals surface area contributed by atoms with Gasteiger partial charge in [0, 0.05) is 101 Å². The maximum atomic E-state index is 13.6. The molecule has 196 valence electrons. The molecule has 10 heteroatoms. The summed E-state index contributed by atoms with van der Waals surface area (Å²) < 4.78 is 0. The zero-order valence-corrected chi connectivity index (χ0v) is 21.0. The van der Waals surface area contributed by atoms with Crippen LogP contribution in [-0.4, -0.2) is 99.9 Å². The van der Waals surface area contributed by atoms with Crippen LogP contribution in [0.15, 0.2) is 36.4 Å². The molecule has 2 aromatic carbocycles. The Morgan fingerprint density at radius 3 is 1.25 bits per heavy atom. The van der Waals surface area contributed by atoms with E-state index >= 15 is 0 Å². The number of nitrogens with two attached hydrogens (primary N) is 4. The molecule has 0 aromatic heterocycles. The third-order valence-corrected chi connectivity index (χ3v) is 6.34. The molecule has 0 amide bonds. The highest BCUT2D eigenvalue weighted by Crippen LogP contribution is 2.36. The molecule has 0 saturated carbocycles. The van der Waals surface area contributed by atoms with Crippen LogP contribution in [0.2, 0.25) is 0 Å². The Kier molecular flexibility index (Phi) is 10.8. The van der Waals surface area contributed by atoms with Crippen LogP contribution >= 0.6 is 0 Å². The summed E-state index contributed by atoms with van der Waals surface area (Å²) in [7, 11) is 0. The molecule has 1 aliphatic carbocycles. The lowest BCUT2D eigenvalue weighted by Crippen LogP contribution is -2.37. The van der Waals surface area contributed by atoms with Gasteiger partial charge in [-0.15, -0.1) is 0 Å². The molecule has 0 heterocycles. The maximum absolute atomic E-state index is 13.6. The van der Waals surface area contributed by atoms with Crippen molar-refractivity contribution >= 4 is 22.9 Å². The fourth-order valence-electron chi connectivity index (χ4n) is 4.62. The first-order valence-electron chi connectivity index (χ1n) is 12.6. The lowest BCUT2D eigenvalue weighted by molar-refractivity contribution is 0.0980. The van der Waals surface area contributed by atoms with Crippen LogP contribution in [-0.2, 0) is 0 Å². The minimum Gasteiger partial charge on any atom is -0.383 e. The number of rotatable bonds is 16. The van der Waals surface area contributed by atoms with Crippen LogP contribution in [0.1, 0.15) is 31.8 Å². The smallest absolute Gasteiger partial charge is 0.196 e. The van der Waals surface area contributed by atoms with Gasteiger partial charge in [0.25, 0.3) is 0 Å². The molecule has 0 saturated heterocycles. The van der Waals surface area contributed by atoms with Crippen LogP contribution in [0.5, 0.6) is 0 Å². The molecule has 36 heavy (non-hydrogen) atoms. The highest BCUT2D eigenvalue weighted by Gasteiger charge is 2.33. The zero-order chi connectivity index (χ0) is 25.9. The van der Waals surface area contributed by atoms with E-state index < -0.39 is 0 Å². The van der Waals surface area contributed by atoms with Crippen molar-refractivity contribution in [2.75, 3.05) is 89.2 Å². The number of benzene rings is 2. The quantitative estimate of drug-likeness (QED) is 0.155. The van der Waals surface area contributed by atoms with E-state index in [1.54, 1.807) is 24.3 Å². The first-order chi connectivity index (χ1) is 17.5. The van der Waals surface area contributed by atoms with Crippen LogP contribution in [0.4, 0.5) is 11.4 Å². The van der Waals surface area contributed by atoms with Gasteiger partial charge in [-0.1, -0.05) is 24.3 Å². The van der Waals surface area contributed by atoms with Crippen molar-refractivity contribution in [3.05, 3.63) is 58.7 Å². The second-order valence-electron chi connectivity index (χ2n) is 8.81. The summed E-state index contributed by atoms with van der Waals surface area (Å²) in [5.74, 6) is -0.306. The van der Waals surface area contributed by atoms with Crippen LogP contribution < -0.4 is 33.6 Å². The minimum absolute atomic E-state index is 0.153. The highest BCUT2D eigenvalue weighted by atomic mass is 16.1. The Labute approximate surface area is 213 Å². The Morgan fingerprint density at radius 2 is 0.917 bits per heavy atom. The Morgan fingerprint density at radius 1 is 0.556 bits per heavy atom. The van der Waals surface area contributed by atoms with Gasteiger partial charge >= 0.3 is 0 Å². The molecular weight excluding hydrogens is 456 g/mol. The molecule has 1 aliphatic rings. The predicted molar refractivity (Wildman–Crippen MR) is 146 cm³/mol. The Hall–Kier alpha value is -2.86. The third kappa shape index (κ3) is 6.67. The molecule has 0 aliphatic heterocycles. The van der Waals surface area contributed by atoms with Crippen LogP contribution in [0, 0.1) is 0 Å². The van der Waals surface area contributed by atoms with Gasteiger partial charge in [0.1, 0.15) is 0 Å². The largest absolute Gasteiger partial charge is 0.383 e. The molecule has 0 bridgehead atoms. The third-order valence-electron chi connectivity index (χ3n) is 6.34. The van der Waals surface area contributed by atoms with Crippen molar-refractivity contribution in [2.45, 2.75) is 0 Å². The lowest BCUT2D eigenvalue weighted by Gasteiger charge is -2.26. The van der Waals surface area contributed by atoms with E-state index in [0.29, 0.717) is 72.9 Å². The normalized spacial score (nSPS) is 12.7. The number of fused-ring (bicyclic) bond motifs is 2. The molecule has 0 unspecified atom stereocenters. The van der Waals surface area contributed by atoms with Crippen LogP contribution in [0.3, 0.4) is 0 Å². The molecule has 0 atom stereocenters. The average molecular weight is 497 g/mol. The SMILES string of the molecule is NCCN(CCN)CCNc1ccc(NCCN(CCN)CCN)c2c1C(=O)c1ccccc1C2=O. The molecule has 2 aromatic rings. The minimum atomic E-state index is -0.153.